The summed E-state index contributed by atoms with van der Waals surface area (Å²) in [4.78, 5) is 13.6. The lowest BCUT2D eigenvalue weighted by molar-refractivity contribution is -0.115. The molecule has 0 amide bonds. The number of carbonyl (C=O) groups is 1. The van der Waals surface area contributed by atoms with Crippen LogP contribution in [-0.4, -0.2) is 21.4 Å². The Bertz CT molecular complexity index is 217. The lowest BCUT2D eigenvalue weighted by atomic mass is 10.1. The van der Waals surface area contributed by atoms with E-state index in [1.165, 1.54) is 6.42 Å². The van der Waals surface area contributed by atoms with Crippen molar-refractivity contribution in [3.63, 3.8) is 0 Å². The van der Waals surface area contributed by atoms with Crippen LogP contribution < -0.4 is 0 Å². The van der Waals surface area contributed by atoms with Crippen LogP contribution in [0.3, 0.4) is 0 Å². The zero-order valence-electron chi connectivity index (χ0n) is 8.29. The quantitative estimate of drug-likeness (QED) is 0.734. The van der Waals surface area contributed by atoms with Crippen LogP contribution in [0.4, 0.5) is 0 Å². The van der Waals surface area contributed by atoms with Gasteiger partial charge in [-0.2, -0.15) is 0 Å². The minimum Gasteiger partial charge on any atom is -0.292 e. The van der Waals surface area contributed by atoms with Gasteiger partial charge in [0.05, 0.1) is 0 Å². The third-order valence-corrected chi connectivity index (χ3v) is 5.83. The number of carbonyl (C=O) groups excluding carboxylic acids is 1. The molecule has 0 spiro atoms. The molecule has 0 N–H and O–H groups in total. The maximum atomic E-state index is 12.0. The van der Waals surface area contributed by atoms with Crippen LogP contribution in [0.15, 0.2) is 11.1 Å². The largest absolute Gasteiger partial charge is 0.292 e. The molecule has 0 bridgehead atoms. The Labute approximate surface area is 103 Å². The van der Waals surface area contributed by atoms with Gasteiger partial charge in [-0.25, -0.2) is 0 Å². The molecule has 1 saturated heterocycles. The average Bonchev–Trinajstić information content (AvgIpc) is 2.20. The number of allylic oxidation sites excluding steroid dienone is 1. The molecule has 14 heavy (non-hydrogen) atoms. The van der Waals surface area contributed by atoms with Gasteiger partial charge in [0.1, 0.15) is 4.08 Å². The van der Waals surface area contributed by atoms with Crippen LogP contribution in [0.1, 0.15) is 26.2 Å². The van der Waals surface area contributed by atoms with Crippen molar-refractivity contribution < 1.29 is 4.79 Å². The summed E-state index contributed by atoms with van der Waals surface area (Å²) in [5.41, 5.74) is 0. The minimum absolute atomic E-state index is 0.183. The van der Waals surface area contributed by atoms with E-state index < -0.39 is 0 Å². The molecule has 1 aliphatic rings. The number of hydrogen-bond acceptors (Lipinski definition) is 3. The van der Waals surface area contributed by atoms with Gasteiger partial charge in [0, 0.05) is 0 Å². The Balaban J connectivity index is 2.73. The highest BCUT2D eigenvalue weighted by Crippen LogP contribution is 2.46. The van der Waals surface area contributed by atoms with Gasteiger partial charge in [0.2, 0.25) is 0 Å². The normalized spacial score (nSPS) is 21.3. The van der Waals surface area contributed by atoms with Crippen LogP contribution in [0.2, 0.25) is 0 Å². The minimum atomic E-state index is -0.183. The smallest absolute Gasteiger partial charge is 0.182 e. The molecule has 0 aromatic heterocycles. The summed E-state index contributed by atoms with van der Waals surface area (Å²) >= 11 is 6.82. The summed E-state index contributed by atoms with van der Waals surface area (Å²) in [5, 5.41) is 0. The van der Waals surface area contributed by atoms with E-state index in [1.54, 1.807) is 11.1 Å². The molecule has 4 heteroatoms. The number of rotatable bonds is 4. The molecule has 0 unspecified atom stereocenters. The number of ketones is 1. The van der Waals surface area contributed by atoms with Gasteiger partial charge in [-0.05, 0) is 35.4 Å². The van der Waals surface area contributed by atoms with Gasteiger partial charge < -0.3 is 0 Å². The van der Waals surface area contributed by atoms with Crippen LogP contribution >= 0.6 is 39.5 Å². The molecule has 1 fully saturated rings. The lowest BCUT2D eigenvalue weighted by Crippen LogP contribution is -2.33. The SMILES string of the molecule is CCCC1(C(=O)/C=C/Br)SCCCS1. The molecular formula is C10H15BrOS2. The molecular weight excluding hydrogens is 280 g/mol. The molecule has 1 aliphatic heterocycles. The van der Waals surface area contributed by atoms with Crippen molar-refractivity contribution in [1.29, 1.82) is 0 Å². The van der Waals surface area contributed by atoms with Crippen LogP contribution in [0, 0.1) is 0 Å². The first kappa shape index (κ1) is 12.7. The van der Waals surface area contributed by atoms with Gasteiger partial charge in [0.15, 0.2) is 5.78 Å². The van der Waals surface area contributed by atoms with E-state index in [-0.39, 0.29) is 9.86 Å². The van der Waals surface area contributed by atoms with Crippen LogP contribution in [0.5, 0.6) is 0 Å². The third kappa shape index (κ3) is 3.04. The summed E-state index contributed by atoms with van der Waals surface area (Å²) in [5.74, 6) is 2.50. The highest BCUT2D eigenvalue weighted by molar-refractivity contribution is 9.11. The molecule has 0 saturated carbocycles. The second kappa shape index (κ2) is 6.23. The Morgan fingerprint density at radius 2 is 2.14 bits per heavy atom. The monoisotopic (exact) mass is 294 g/mol. The van der Waals surface area contributed by atoms with Gasteiger partial charge in [-0.1, -0.05) is 29.3 Å². The average molecular weight is 295 g/mol. The van der Waals surface area contributed by atoms with Crippen LogP contribution in [0.25, 0.3) is 0 Å². The van der Waals surface area contributed by atoms with E-state index in [0.29, 0.717) is 0 Å². The third-order valence-electron chi connectivity index (χ3n) is 2.13. The first-order chi connectivity index (χ1) is 6.75. The second-order valence-electron chi connectivity index (χ2n) is 3.21. The van der Waals surface area contributed by atoms with Crippen molar-refractivity contribution in [3.05, 3.63) is 11.1 Å². The maximum Gasteiger partial charge on any atom is 0.182 e. The van der Waals surface area contributed by atoms with E-state index in [1.807, 2.05) is 23.5 Å². The fraction of sp³-hybridized carbons (Fsp3) is 0.700. The molecule has 1 heterocycles. The summed E-state index contributed by atoms with van der Waals surface area (Å²) in [6, 6.07) is 0. The Kier molecular flexibility index (Phi) is 5.64. The molecule has 0 aromatic rings. The molecule has 0 atom stereocenters. The zero-order valence-corrected chi connectivity index (χ0v) is 11.5. The van der Waals surface area contributed by atoms with Gasteiger partial charge in [-0.3, -0.25) is 4.79 Å². The molecule has 0 aromatic carbocycles. The van der Waals surface area contributed by atoms with Gasteiger partial charge >= 0.3 is 0 Å². The fourth-order valence-electron chi connectivity index (χ4n) is 1.50. The van der Waals surface area contributed by atoms with Crippen molar-refractivity contribution in [1.82, 2.24) is 0 Å². The van der Waals surface area contributed by atoms with Gasteiger partial charge in [-0.15, -0.1) is 23.5 Å². The first-order valence-electron chi connectivity index (χ1n) is 4.84. The molecule has 1 nitrogen and oxygen atoms in total. The summed E-state index contributed by atoms with van der Waals surface area (Å²) in [7, 11) is 0. The molecule has 0 radical (unpaired) electrons. The van der Waals surface area contributed by atoms with Crippen molar-refractivity contribution in [2.75, 3.05) is 11.5 Å². The van der Waals surface area contributed by atoms with E-state index >= 15 is 0 Å². The van der Waals surface area contributed by atoms with E-state index in [0.717, 1.165) is 24.3 Å². The number of hydrogen-bond donors (Lipinski definition) is 0. The highest BCUT2D eigenvalue weighted by atomic mass is 79.9. The van der Waals surface area contributed by atoms with Crippen molar-refractivity contribution in [2.24, 2.45) is 0 Å². The number of thioether (sulfide) groups is 2. The Morgan fingerprint density at radius 3 is 2.64 bits per heavy atom. The first-order valence-corrected chi connectivity index (χ1v) is 7.73. The highest BCUT2D eigenvalue weighted by Gasteiger charge is 2.38. The van der Waals surface area contributed by atoms with E-state index in [2.05, 4.69) is 22.9 Å². The molecule has 1 rings (SSSR count). The van der Waals surface area contributed by atoms with Gasteiger partial charge in [0.25, 0.3) is 0 Å². The summed E-state index contributed by atoms with van der Waals surface area (Å²) in [6.07, 6.45) is 4.94. The topological polar surface area (TPSA) is 17.1 Å². The van der Waals surface area contributed by atoms with Crippen LogP contribution in [-0.2, 0) is 4.79 Å². The predicted octanol–water partition coefficient (Wildman–Crippen LogP) is 3.83. The molecule has 80 valence electrons. The van der Waals surface area contributed by atoms with Crippen molar-refractivity contribution >= 4 is 45.2 Å². The standard InChI is InChI=1S/C10H15BrOS2/c1-2-5-10(9(12)4-6-11)13-7-3-8-14-10/h4,6H,2-3,5,7-8H2,1H3/b6-4+. The molecule has 0 aliphatic carbocycles. The zero-order chi connectivity index (χ0) is 10.4. The van der Waals surface area contributed by atoms with Crippen molar-refractivity contribution in [3.8, 4) is 0 Å². The summed E-state index contributed by atoms with van der Waals surface area (Å²) < 4.78 is -0.183. The summed E-state index contributed by atoms with van der Waals surface area (Å²) in [6.45, 7) is 2.14. The fourth-order valence-corrected chi connectivity index (χ4v) is 5.11. The number of halogens is 1. The van der Waals surface area contributed by atoms with E-state index in [9.17, 15) is 4.79 Å². The predicted molar refractivity (Wildman–Crippen MR) is 70.2 cm³/mol. The second-order valence-corrected chi connectivity index (χ2v) is 6.79. The van der Waals surface area contributed by atoms with E-state index in [4.69, 9.17) is 0 Å². The van der Waals surface area contributed by atoms with Crippen molar-refractivity contribution in [2.45, 2.75) is 30.3 Å². The lowest BCUT2D eigenvalue weighted by Gasteiger charge is -2.33. The maximum absolute atomic E-state index is 12.0. The Hall–Kier alpha value is 0.590. The Morgan fingerprint density at radius 1 is 1.50 bits per heavy atom.